The van der Waals surface area contributed by atoms with Crippen molar-refractivity contribution in [2.45, 2.75) is 26.7 Å². The summed E-state index contributed by atoms with van der Waals surface area (Å²) in [5.41, 5.74) is 4.17. The van der Waals surface area contributed by atoms with Gasteiger partial charge in [-0.1, -0.05) is 19.9 Å². The monoisotopic (exact) mass is 285 g/mol. The van der Waals surface area contributed by atoms with Crippen LogP contribution in [0.1, 0.15) is 30.9 Å². The van der Waals surface area contributed by atoms with Crippen molar-refractivity contribution in [2.75, 3.05) is 6.61 Å². The highest BCUT2D eigenvalue weighted by molar-refractivity contribution is 5.70. The number of nitrogens with zero attached hydrogens (tertiary/aromatic N) is 1. The van der Waals surface area contributed by atoms with E-state index in [0.717, 1.165) is 22.3 Å². The topological polar surface area (TPSA) is 59.4 Å². The van der Waals surface area contributed by atoms with Crippen molar-refractivity contribution in [2.24, 2.45) is 0 Å². The third kappa shape index (κ3) is 3.60. The second-order valence-corrected chi connectivity index (χ2v) is 5.28. The first-order valence-electron chi connectivity index (χ1n) is 6.88. The zero-order valence-corrected chi connectivity index (χ0v) is 12.5. The number of hydrogen-bond acceptors (Lipinski definition) is 3. The Morgan fingerprint density at radius 3 is 2.71 bits per heavy atom. The SMILES string of the molecule is Cc1cc(OCC(=O)O)c(C(C)C)cc1-c1cccnc1. The number of ether oxygens (including phenoxy) is 1. The third-order valence-electron chi connectivity index (χ3n) is 3.30. The normalized spacial score (nSPS) is 10.7. The molecule has 4 nitrogen and oxygen atoms in total. The Kier molecular flexibility index (Phi) is 4.58. The lowest BCUT2D eigenvalue weighted by atomic mass is 9.93. The van der Waals surface area contributed by atoms with Crippen LogP contribution in [-0.4, -0.2) is 22.7 Å². The number of aromatic nitrogens is 1. The fraction of sp³-hybridized carbons (Fsp3) is 0.294. The van der Waals surface area contributed by atoms with Gasteiger partial charge in [-0.05, 0) is 47.7 Å². The first-order chi connectivity index (χ1) is 9.99. The van der Waals surface area contributed by atoms with E-state index in [-0.39, 0.29) is 12.5 Å². The van der Waals surface area contributed by atoms with E-state index >= 15 is 0 Å². The standard InChI is InChI=1S/C17H19NO3/c1-11(2)14-8-15(13-5-4-6-18-9-13)12(3)7-16(14)21-10-17(19)20/h4-9,11H,10H2,1-3H3,(H,19,20). The number of carbonyl (C=O) groups is 1. The number of pyridine rings is 1. The minimum Gasteiger partial charge on any atom is -0.482 e. The maximum atomic E-state index is 10.7. The molecule has 0 atom stereocenters. The molecule has 1 aromatic heterocycles. The van der Waals surface area contributed by atoms with Gasteiger partial charge >= 0.3 is 5.97 Å². The molecule has 0 amide bonds. The summed E-state index contributed by atoms with van der Waals surface area (Å²) in [6.45, 7) is 5.78. The van der Waals surface area contributed by atoms with Gasteiger partial charge in [0.25, 0.3) is 0 Å². The van der Waals surface area contributed by atoms with Gasteiger partial charge in [-0.2, -0.15) is 0 Å². The minimum atomic E-state index is -0.973. The largest absolute Gasteiger partial charge is 0.482 e. The highest BCUT2D eigenvalue weighted by atomic mass is 16.5. The Morgan fingerprint density at radius 1 is 1.38 bits per heavy atom. The summed E-state index contributed by atoms with van der Waals surface area (Å²) in [5, 5.41) is 8.77. The lowest BCUT2D eigenvalue weighted by molar-refractivity contribution is -0.139. The fourth-order valence-corrected chi connectivity index (χ4v) is 2.25. The van der Waals surface area contributed by atoms with Crippen molar-refractivity contribution in [1.29, 1.82) is 0 Å². The van der Waals surface area contributed by atoms with Crippen LogP contribution in [-0.2, 0) is 4.79 Å². The Balaban J connectivity index is 2.46. The quantitative estimate of drug-likeness (QED) is 0.911. The van der Waals surface area contributed by atoms with Gasteiger partial charge in [-0.3, -0.25) is 4.98 Å². The van der Waals surface area contributed by atoms with Gasteiger partial charge in [0.1, 0.15) is 5.75 Å². The molecule has 1 heterocycles. The third-order valence-corrected chi connectivity index (χ3v) is 3.30. The van der Waals surface area contributed by atoms with Gasteiger partial charge in [0.2, 0.25) is 0 Å². The molecule has 0 spiro atoms. The molecule has 0 radical (unpaired) electrons. The minimum absolute atomic E-state index is 0.241. The van der Waals surface area contributed by atoms with Crippen molar-refractivity contribution in [1.82, 2.24) is 4.98 Å². The molecule has 2 rings (SSSR count). The Bertz CT molecular complexity index is 636. The molecule has 21 heavy (non-hydrogen) atoms. The van der Waals surface area contributed by atoms with Gasteiger partial charge < -0.3 is 9.84 Å². The lowest BCUT2D eigenvalue weighted by Crippen LogP contribution is -2.11. The van der Waals surface area contributed by atoms with Gasteiger partial charge in [0.05, 0.1) is 0 Å². The smallest absolute Gasteiger partial charge is 0.341 e. The predicted octanol–water partition coefficient (Wildman–Crippen LogP) is 3.64. The average Bonchev–Trinajstić information content (AvgIpc) is 2.45. The van der Waals surface area contributed by atoms with E-state index in [2.05, 4.69) is 24.9 Å². The molecule has 0 unspecified atom stereocenters. The van der Waals surface area contributed by atoms with Gasteiger partial charge in [-0.25, -0.2) is 4.79 Å². The number of aryl methyl sites for hydroxylation is 1. The second-order valence-electron chi connectivity index (χ2n) is 5.28. The van der Waals surface area contributed by atoms with E-state index in [0.29, 0.717) is 5.75 Å². The van der Waals surface area contributed by atoms with Crippen LogP contribution >= 0.6 is 0 Å². The molecular weight excluding hydrogens is 266 g/mol. The summed E-state index contributed by atoms with van der Waals surface area (Å²) in [6.07, 6.45) is 3.57. The number of benzene rings is 1. The zero-order chi connectivity index (χ0) is 15.4. The molecule has 0 fully saturated rings. The van der Waals surface area contributed by atoms with Crippen LogP contribution in [0.15, 0.2) is 36.7 Å². The van der Waals surface area contributed by atoms with Gasteiger partial charge in [0, 0.05) is 18.0 Å². The molecule has 110 valence electrons. The summed E-state index contributed by atoms with van der Waals surface area (Å²) in [6, 6.07) is 7.88. The van der Waals surface area contributed by atoms with Crippen molar-refractivity contribution in [3.05, 3.63) is 47.8 Å². The number of carboxylic acid groups (broad SMARTS) is 1. The van der Waals surface area contributed by atoms with Gasteiger partial charge in [0.15, 0.2) is 6.61 Å². The first-order valence-corrected chi connectivity index (χ1v) is 6.88. The number of aliphatic carboxylic acids is 1. The molecule has 0 saturated carbocycles. The Hall–Kier alpha value is -2.36. The zero-order valence-electron chi connectivity index (χ0n) is 12.5. The highest BCUT2D eigenvalue weighted by Crippen LogP contribution is 2.34. The molecule has 0 aliphatic carbocycles. The van der Waals surface area contributed by atoms with Crippen LogP contribution in [0.25, 0.3) is 11.1 Å². The Morgan fingerprint density at radius 2 is 2.14 bits per heavy atom. The summed E-state index contributed by atoms with van der Waals surface area (Å²) >= 11 is 0. The van der Waals surface area contributed by atoms with Crippen LogP contribution in [0.5, 0.6) is 5.75 Å². The van der Waals surface area contributed by atoms with Crippen LogP contribution in [0.3, 0.4) is 0 Å². The molecular formula is C17H19NO3. The van der Waals surface area contributed by atoms with E-state index in [1.807, 2.05) is 31.3 Å². The molecule has 0 bridgehead atoms. The fourth-order valence-electron chi connectivity index (χ4n) is 2.25. The van der Waals surface area contributed by atoms with Crippen LogP contribution < -0.4 is 4.74 Å². The first kappa shape index (κ1) is 15.0. The van der Waals surface area contributed by atoms with E-state index in [1.54, 1.807) is 6.20 Å². The van der Waals surface area contributed by atoms with Crippen LogP contribution in [0.4, 0.5) is 0 Å². The van der Waals surface area contributed by atoms with Crippen LogP contribution in [0.2, 0.25) is 0 Å². The van der Waals surface area contributed by atoms with Crippen molar-refractivity contribution < 1.29 is 14.6 Å². The van der Waals surface area contributed by atoms with Crippen molar-refractivity contribution in [3.8, 4) is 16.9 Å². The molecule has 0 aliphatic rings. The van der Waals surface area contributed by atoms with Crippen LogP contribution in [0, 0.1) is 6.92 Å². The van der Waals surface area contributed by atoms with Crippen molar-refractivity contribution >= 4 is 5.97 Å². The maximum absolute atomic E-state index is 10.7. The molecule has 1 aromatic carbocycles. The molecule has 1 N–H and O–H groups in total. The summed E-state index contributed by atoms with van der Waals surface area (Å²) in [4.78, 5) is 14.8. The van der Waals surface area contributed by atoms with Crippen molar-refractivity contribution in [3.63, 3.8) is 0 Å². The summed E-state index contributed by atoms with van der Waals surface area (Å²) in [5.74, 6) is -0.0962. The number of rotatable bonds is 5. The maximum Gasteiger partial charge on any atom is 0.341 e. The second kappa shape index (κ2) is 6.39. The lowest BCUT2D eigenvalue weighted by Gasteiger charge is -2.17. The Labute approximate surface area is 124 Å². The highest BCUT2D eigenvalue weighted by Gasteiger charge is 2.14. The molecule has 4 heteroatoms. The van der Waals surface area contributed by atoms with Gasteiger partial charge in [-0.15, -0.1) is 0 Å². The molecule has 2 aromatic rings. The predicted molar refractivity (Wildman–Crippen MR) is 81.6 cm³/mol. The average molecular weight is 285 g/mol. The van der Waals surface area contributed by atoms with E-state index in [1.165, 1.54) is 0 Å². The summed E-state index contributed by atoms with van der Waals surface area (Å²) < 4.78 is 5.42. The van der Waals surface area contributed by atoms with E-state index in [9.17, 15) is 4.79 Å². The number of carboxylic acids is 1. The summed E-state index contributed by atoms with van der Waals surface area (Å²) in [7, 11) is 0. The van der Waals surface area contributed by atoms with E-state index < -0.39 is 5.97 Å². The number of hydrogen-bond donors (Lipinski definition) is 1. The molecule has 0 aliphatic heterocycles. The van der Waals surface area contributed by atoms with E-state index in [4.69, 9.17) is 9.84 Å². The molecule has 0 saturated heterocycles.